The fourth-order valence-electron chi connectivity index (χ4n) is 3.08. The molecular weight excluding hydrogens is 396 g/mol. The maximum atomic E-state index is 12.2. The molecule has 0 unspecified atom stereocenters. The van der Waals surface area contributed by atoms with Crippen LogP contribution in [0.15, 0.2) is 35.2 Å². The maximum Gasteiger partial charge on any atom is 0.319 e. The third-order valence-electron chi connectivity index (χ3n) is 4.40. The summed E-state index contributed by atoms with van der Waals surface area (Å²) < 4.78 is 5.13. The number of primary amides is 1. The summed E-state index contributed by atoms with van der Waals surface area (Å²) in [5.41, 5.74) is 6.87. The quantitative estimate of drug-likeness (QED) is 0.530. The van der Waals surface area contributed by atoms with Crippen LogP contribution in [0.4, 0.5) is 5.00 Å². The van der Waals surface area contributed by atoms with E-state index >= 15 is 0 Å². The molecule has 1 atom stereocenters. The van der Waals surface area contributed by atoms with Crippen molar-refractivity contribution in [1.29, 1.82) is 0 Å². The molecule has 1 aromatic carbocycles. The van der Waals surface area contributed by atoms with E-state index in [0.29, 0.717) is 10.6 Å². The third kappa shape index (κ3) is 4.94. The lowest BCUT2D eigenvalue weighted by Gasteiger charge is -2.12. The highest BCUT2D eigenvalue weighted by molar-refractivity contribution is 8.00. The SMILES string of the molecule is C[C@H](Sc1ccccc1)C(=O)OCC(=O)Nc1sc2c(c1C(N)=O)CCCC2. The van der Waals surface area contributed by atoms with Gasteiger partial charge in [0.15, 0.2) is 6.61 Å². The first-order valence-corrected chi connectivity index (χ1v) is 10.8. The first-order valence-electron chi connectivity index (χ1n) is 9.08. The van der Waals surface area contributed by atoms with Gasteiger partial charge in [-0.15, -0.1) is 23.1 Å². The predicted molar refractivity (Wildman–Crippen MR) is 111 cm³/mol. The van der Waals surface area contributed by atoms with E-state index in [-0.39, 0.29) is 0 Å². The molecule has 0 spiro atoms. The van der Waals surface area contributed by atoms with E-state index in [1.807, 2.05) is 30.3 Å². The molecule has 1 aliphatic rings. The van der Waals surface area contributed by atoms with E-state index in [2.05, 4.69) is 5.32 Å². The molecule has 0 bridgehead atoms. The summed E-state index contributed by atoms with van der Waals surface area (Å²) >= 11 is 2.75. The molecule has 0 aliphatic heterocycles. The second kappa shape index (κ2) is 9.25. The van der Waals surface area contributed by atoms with Gasteiger partial charge in [-0.3, -0.25) is 14.4 Å². The molecule has 1 aliphatic carbocycles. The van der Waals surface area contributed by atoms with Gasteiger partial charge in [-0.2, -0.15) is 0 Å². The zero-order valence-corrected chi connectivity index (χ0v) is 17.2. The minimum Gasteiger partial charge on any atom is -0.455 e. The van der Waals surface area contributed by atoms with Crippen LogP contribution in [-0.4, -0.2) is 29.6 Å². The fraction of sp³-hybridized carbons (Fsp3) is 0.350. The molecule has 0 radical (unpaired) electrons. The van der Waals surface area contributed by atoms with E-state index in [1.54, 1.807) is 6.92 Å². The van der Waals surface area contributed by atoms with Gasteiger partial charge in [0.25, 0.3) is 11.8 Å². The topological polar surface area (TPSA) is 98.5 Å². The predicted octanol–water partition coefficient (Wildman–Crippen LogP) is 3.39. The number of fused-ring (bicyclic) bond motifs is 1. The molecule has 2 aromatic rings. The van der Waals surface area contributed by atoms with Crippen molar-refractivity contribution in [2.24, 2.45) is 5.73 Å². The van der Waals surface area contributed by atoms with Crippen molar-refractivity contribution in [3.63, 3.8) is 0 Å². The van der Waals surface area contributed by atoms with E-state index in [0.717, 1.165) is 41.0 Å². The number of ether oxygens (including phenoxy) is 1. The zero-order chi connectivity index (χ0) is 20.1. The lowest BCUT2D eigenvalue weighted by atomic mass is 9.95. The number of esters is 1. The van der Waals surface area contributed by atoms with Crippen molar-refractivity contribution in [2.45, 2.75) is 42.8 Å². The summed E-state index contributed by atoms with van der Waals surface area (Å²) in [7, 11) is 0. The van der Waals surface area contributed by atoms with Crippen LogP contribution in [-0.2, 0) is 27.2 Å². The van der Waals surface area contributed by atoms with Crippen LogP contribution in [0.3, 0.4) is 0 Å². The molecule has 1 aromatic heterocycles. The highest BCUT2D eigenvalue weighted by atomic mass is 32.2. The summed E-state index contributed by atoms with van der Waals surface area (Å²) in [6, 6.07) is 9.51. The van der Waals surface area contributed by atoms with Gasteiger partial charge in [0.05, 0.1) is 5.56 Å². The number of amides is 2. The van der Waals surface area contributed by atoms with E-state index in [9.17, 15) is 14.4 Å². The van der Waals surface area contributed by atoms with Gasteiger partial charge >= 0.3 is 5.97 Å². The molecule has 3 rings (SSSR count). The third-order valence-corrected chi connectivity index (χ3v) is 6.70. The fourth-order valence-corrected chi connectivity index (χ4v) is 5.28. The van der Waals surface area contributed by atoms with Crippen molar-refractivity contribution in [2.75, 3.05) is 11.9 Å². The minimum atomic E-state index is -0.542. The van der Waals surface area contributed by atoms with Crippen LogP contribution in [0, 0.1) is 0 Å². The average Bonchev–Trinajstić information content (AvgIpc) is 3.04. The number of aryl methyl sites for hydroxylation is 1. The Hall–Kier alpha value is -2.32. The molecule has 6 nitrogen and oxygen atoms in total. The van der Waals surface area contributed by atoms with Crippen molar-refractivity contribution in [3.8, 4) is 0 Å². The van der Waals surface area contributed by atoms with Gasteiger partial charge < -0.3 is 15.8 Å². The Bertz CT molecular complexity index is 880. The van der Waals surface area contributed by atoms with Gasteiger partial charge in [0.2, 0.25) is 0 Å². The van der Waals surface area contributed by atoms with Crippen LogP contribution in [0.2, 0.25) is 0 Å². The Balaban J connectivity index is 1.56. The van der Waals surface area contributed by atoms with Crippen molar-refractivity contribution < 1.29 is 19.1 Å². The number of benzene rings is 1. The summed E-state index contributed by atoms with van der Waals surface area (Å²) in [6.07, 6.45) is 3.75. The number of anilines is 1. The molecule has 148 valence electrons. The van der Waals surface area contributed by atoms with Crippen LogP contribution in [0.25, 0.3) is 0 Å². The monoisotopic (exact) mass is 418 g/mol. The number of carbonyl (C=O) groups excluding carboxylic acids is 3. The molecule has 1 heterocycles. The Morgan fingerprint density at radius 2 is 1.93 bits per heavy atom. The van der Waals surface area contributed by atoms with Crippen molar-refractivity contribution >= 4 is 45.9 Å². The van der Waals surface area contributed by atoms with Crippen LogP contribution in [0.1, 0.15) is 40.6 Å². The van der Waals surface area contributed by atoms with Crippen LogP contribution in [0.5, 0.6) is 0 Å². The maximum absolute atomic E-state index is 12.2. The van der Waals surface area contributed by atoms with Gasteiger partial charge in [-0.1, -0.05) is 18.2 Å². The number of hydrogen-bond donors (Lipinski definition) is 2. The number of nitrogens with one attached hydrogen (secondary N) is 1. The highest BCUT2D eigenvalue weighted by Gasteiger charge is 2.25. The van der Waals surface area contributed by atoms with Crippen LogP contribution >= 0.6 is 23.1 Å². The normalized spacial score (nSPS) is 14.0. The highest BCUT2D eigenvalue weighted by Crippen LogP contribution is 2.37. The number of hydrogen-bond acceptors (Lipinski definition) is 6. The Morgan fingerprint density at radius 3 is 2.64 bits per heavy atom. The first kappa shape index (κ1) is 20.4. The van der Waals surface area contributed by atoms with Gasteiger partial charge in [0, 0.05) is 9.77 Å². The largest absolute Gasteiger partial charge is 0.455 e. The van der Waals surface area contributed by atoms with Crippen molar-refractivity contribution in [3.05, 3.63) is 46.3 Å². The standard InChI is InChI=1S/C20H22N2O4S2/c1-12(27-13-7-3-2-4-8-13)20(25)26-11-16(23)22-19-17(18(21)24)14-9-5-6-10-15(14)28-19/h2-4,7-8,12H,5-6,9-11H2,1H3,(H2,21,24)(H,22,23)/t12-/m0/s1. The molecule has 2 amide bonds. The van der Waals surface area contributed by atoms with E-state index < -0.39 is 29.6 Å². The second-order valence-corrected chi connectivity index (χ2v) is 9.03. The summed E-state index contributed by atoms with van der Waals surface area (Å²) in [5, 5.41) is 2.70. The lowest BCUT2D eigenvalue weighted by molar-refractivity contribution is -0.146. The van der Waals surface area contributed by atoms with Gasteiger partial charge in [-0.05, 0) is 50.3 Å². The van der Waals surface area contributed by atoms with Gasteiger partial charge in [0.1, 0.15) is 10.3 Å². The first-order chi connectivity index (χ1) is 13.5. The molecule has 0 saturated heterocycles. The molecule has 28 heavy (non-hydrogen) atoms. The number of rotatable bonds is 7. The Kier molecular flexibility index (Phi) is 6.74. The number of carbonyl (C=O) groups is 3. The molecule has 8 heteroatoms. The number of thiophene rings is 1. The summed E-state index contributed by atoms with van der Waals surface area (Å²) in [6.45, 7) is 1.33. The average molecular weight is 419 g/mol. The zero-order valence-electron chi connectivity index (χ0n) is 15.5. The molecular formula is C20H22N2O4S2. The van der Waals surface area contributed by atoms with E-state index in [1.165, 1.54) is 23.1 Å². The van der Waals surface area contributed by atoms with E-state index in [4.69, 9.17) is 10.5 Å². The Morgan fingerprint density at radius 1 is 1.21 bits per heavy atom. The van der Waals surface area contributed by atoms with Gasteiger partial charge in [-0.25, -0.2) is 0 Å². The Labute approximate surface area is 171 Å². The molecule has 0 fully saturated rings. The molecule has 0 saturated carbocycles. The number of thioether (sulfide) groups is 1. The number of nitrogens with two attached hydrogens (primary N) is 1. The van der Waals surface area contributed by atoms with Crippen LogP contribution < -0.4 is 11.1 Å². The summed E-state index contributed by atoms with van der Waals surface area (Å²) in [5.74, 6) is -1.49. The molecule has 3 N–H and O–H groups in total. The lowest BCUT2D eigenvalue weighted by Crippen LogP contribution is -2.25. The van der Waals surface area contributed by atoms with Crippen molar-refractivity contribution in [1.82, 2.24) is 0 Å². The second-order valence-electron chi connectivity index (χ2n) is 6.51. The smallest absolute Gasteiger partial charge is 0.319 e. The summed E-state index contributed by atoms with van der Waals surface area (Å²) in [4.78, 5) is 38.3. The minimum absolute atomic E-state index is 0.396.